The summed E-state index contributed by atoms with van der Waals surface area (Å²) < 4.78 is 5.42. The largest absolute Gasteiger partial charge is 0.379 e. The SMILES string of the molecule is CC(C)CC(CNc1ccc(Cl)cc1[N+](=O)[O-])N1CCOCC1. The molecule has 1 aromatic carbocycles. The molecular formula is C16H24ClN3O3. The fourth-order valence-electron chi connectivity index (χ4n) is 2.88. The number of halogens is 1. The second kappa shape index (κ2) is 8.47. The standard InChI is InChI=1S/C16H24ClN3O3/c1-12(2)9-14(19-5-7-23-8-6-19)11-18-15-4-3-13(17)10-16(15)20(21)22/h3-4,10,12,14,18H,5-9,11H2,1-2H3. The molecule has 1 atom stereocenters. The van der Waals surface area contributed by atoms with Gasteiger partial charge in [0, 0.05) is 36.8 Å². The Morgan fingerprint density at radius 2 is 2.09 bits per heavy atom. The topological polar surface area (TPSA) is 67.6 Å². The van der Waals surface area contributed by atoms with Gasteiger partial charge in [-0.3, -0.25) is 15.0 Å². The van der Waals surface area contributed by atoms with E-state index in [2.05, 4.69) is 24.1 Å². The lowest BCUT2D eigenvalue weighted by Crippen LogP contribution is -2.47. The fourth-order valence-corrected chi connectivity index (χ4v) is 3.05. The highest BCUT2D eigenvalue weighted by molar-refractivity contribution is 6.30. The van der Waals surface area contributed by atoms with Gasteiger partial charge >= 0.3 is 0 Å². The van der Waals surface area contributed by atoms with Crippen molar-refractivity contribution in [1.29, 1.82) is 0 Å². The normalized spacial score (nSPS) is 17.2. The number of nitro groups is 1. The molecule has 1 aromatic rings. The van der Waals surface area contributed by atoms with Gasteiger partial charge in [0.2, 0.25) is 0 Å². The molecule has 0 radical (unpaired) electrons. The van der Waals surface area contributed by atoms with Gasteiger partial charge in [0.05, 0.1) is 18.1 Å². The van der Waals surface area contributed by atoms with Crippen molar-refractivity contribution in [1.82, 2.24) is 4.90 Å². The molecule has 128 valence electrons. The van der Waals surface area contributed by atoms with E-state index in [9.17, 15) is 10.1 Å². The number of hydrogen-bond acceptors (Lipinski definition) is 5. The number of anilines is 1. The molecule has 0 aromatic heterocycles. The van der Waals surface area contributed by atoms with Crippen molar-refractivity contribution in [3.63, 3.8) is 0 Å². The van der Waals surface area contributed by atoms with Gasteiger partial charge < -0.3 is 10.1 Å². The minimum Gasteiger partial charge on any atom is -0.379 e. The maximum absolute atomic E-state index is 11.2. The highest BCUT2D eigenvalue weighted by Gasteiger charge is 2.23. The lowest BCUT2D eigenvalue weighted by atomic mass is 10.0. The van der Waals surface area contributed by atoms with Crippen LogP contribution in [0.25, 0.3) is 0 Å². The second-order valence-electron chi connectivity index (χ2n) is 6.23. The molecular weight excluding hydrogens is 318 g/mol. The van der Waals surface area contributed by atoms with Crippen LogP contribution in [0.1, 0.15) is 20.3 Å². The van der Waals surface area contributed by atoms with Crippen LogP contribution < -0.4 is 5.32 Å². The number of morpholine rings is 1. The molecule has 2 rings (SSSR count). The van der Waals surface area contributed by atoms with E-state index in [0.29, 0.717) is 29.2 Å². The molecule has 1 fully saturated rings. The summed E-state index contributed by atoms with van der Waals surface area (Å²) in [5.41, 5.74) is 0.532. The molecule has 1 unspecified atom stereocenters. The van der Waals surface area contributed by atoms with Crippen molar-refractivity contribution in [2.75, 3.05) is 38.2 Å². The van der Waals surface area contributed by atoms with Gasteiger partial charge in [0.25, 0.3) is 5.69 Å². The Kier molecular flexibility index (Phi) is 6.62. The minimum atomic E-state index is -0.402. The molecule has 1 aliphatic heterocycles. The predicted octanol–water partition coefficient (Wildman–Crippen LogP) is 3.41. The molecule has 1 N–H and O–H groups in total. The van der Waals surface area contributed by atoms with Gasteiger partial charge in [-0.25, -0.2) is 0 Å². The zero-order valence-corrected chi connectivity index (χ0v) is 14.4. The number of benzene rings is 1. The molecule has 0 saturated carbocycles. The summed E-state index contributed by atoms with van der Waals surface area (Å²) in [7, 11) is 0. The first-order chi connectivity index (χ1) is 11.0. The summed E-state index contributed by atoms with van der Waals surface area (Å²) in [6, 6.07) is 5.06. The van der Waals surface area contributed by atoms with Crippen molar-refractivity contribution >= 4 is 23.0 Å². The van der Waals surface area contributed by atoms with E-state index in [1.54, 1.807) is 12.1 Å². The zero-order chi connectivity index (χ0) is 16.8. The number of nitrogens with zero attached hydrogens (tertiary/aromatic N) is 2. The van der Waals surface area contributed by atoms with Gasteiger partial charge in [-0.05, 0) is 24.5 Å². The van der Waals surface area contributed by atoms with E-state index in [0.717, 1.165) is 32.7 Å². The number of nitrogens with one attached hydrogen (secondary N) is 1. The minimum absolute atomic E-state index is 0.0165. The number of ether oxygens (including phenoxy) is 1. The van der Waals surface area contributed by atoms with Crippen molar-refractivity contribution < 1.29 is 9.66 Å². The molecule has 1 heterocycles. The highest BCUT2D eigenvalue weighted by Crippen LogP contribution is 2.28. The van der Waals surface area contributed by atoms with Crippen LogP contribution in [0.5, 0.6) is 0 Å². The summed E-state index contributed by atoms with van der Waals surface area (Å²) >= 11 is 5.86. The Morgan fingerprint density at radius 1 is 1.39 bits per heavy atom. The van der Waals surface area contributed by atoms with Crippen LogP contribution in [0, 0.1) is 16.0 Å². The Morgan fingerprint density at radius 3 is 2.70 bits per heavy atom. The number of hydrogen-bond donors (Lipinski definition) is 1. The monoisotopic (exact) mass is 341 g/mol. The average Bonchev–Trinajstić information content (AvgIpc) is 2.52. The lowest BCUT2D eigenvalue weighted by Gasteiger charge is -2.35. The average molecular weight is 342 g/mol. The molecule has 0 aliphatic carbocycles. The first kappa shape index (κ1) is 18.0. The third kappa shape index (κ3) is 5.34. The van der Waals surface area contributed by atoms with Crippen molar-refractivity contribution in [2.24, 2.45) is 5.92 Å². The third-order valence-corrected chi connectivity index (χ3v) is 4.23. The van der Waals surface area contributed by atoms with Gasteiger partial charge in [-0.1, -0.05) is 25.4 Å². The predicted molar refractivity (Wildman–Crippen MR) is 92.2 cm³/mol. The Bertz CT molecular complexity index is 533. The first-order valence-electron chi connectivity index (χ1n) is 7.97. The van der Waals surface area contributed by atoms with E-state index >= 15 is 0 Å². The molecule has 0 amide bonds. The second-order valence-corrected chi connectivity index (χ2v) is 6.67. The van der Waals surface area contributed by atoms with E-state index in [1.807, 2.05) is 0 Å². The molecule has 0 bridgehead atoms. The Hall–Kier alpha value is -1.37. The van der Waals surface area contributed by atoms with E-state index in [1.165, 1.54) is 6.07 Å². The zero-order valence-electron chi connectivity index (χ0n) is 13.6. The quantitative estimate of drug-likeness (QED) is 0.608. The summed E-state index contributed by atoms with van der Waals surface area (Å²) in [5, 5.41) is 14.8. The maximum atomic E-state index is 11.2. The van der Waals surface area contributed by atoms with E-state index < -0.39 is 4.92 Å². The van der Waals surface area contributed by atoms with Gasteiger partial charge in [-0.15, -0.1) is 0 Å². The third-order valence-electron chi connectivity index (χ3n) is 3.99. The van der Waals surface area contributed by atoms with Crippen LogP contribution in [0.15, 0.2) is 18.2 Å². The van der Waals surface area contributed by atoms with E-state index in [-0.39, 0.29) is 5.69 Å². The van der Waals surface area contributed by atoms with Crippen LogP contribution in [0.2, 0.25) is 5.02 Å². The molecule has 1 saturated heterocycles. The molecule has 0 spiro atoms. The van der Waals surface area contributed by atoms with Gasteiger partial charge in [0.15, 0.2) is 0 Å². The van der Waals surface area contributed by atoms with Crippen LogP contribution in [-0.2, 0) is 4.74 Å². The number of nitro benzene ring substituents is 1. The van der Waals surface area contributed by atoms with Crippen molar-refractivity contribution in [3.8, 4) is 0 Å². The van der Waals surface area contributed by atoms with Crippen molar-refractivity contribution in [2.45, 2.75) is 26.3 Å². The first-order valence-corrected chi connectivity index (χ1v) is 8.34. The van der Waals surface area contributed by atoms with Crippen LogP contribution in [-0.4, -0.2) is 48.7 Å². The summed E-state index contributed by atoms with van der Waals surface area (Å²) in [5.74, 6) is 0.560. The Balaban J connectivity index is 2.07. The fraction of sp³-hybridized carbons (Fsp3) is 0.625. The van der Waals surface area contributed by atoms with Crippen molar-refractivity contribution in [3.05, 3.63) is 33.3 Å². The molecule has 7 heteroatoms. The van der Waals surface area contributed by atoms with E-state index in [4.69, 9.17) is 16.3 Å². The van der Waals surface area contributed by atoms with Gasteiger partial charge in [0.1, 0.15) is 5.69 Å². The maximum Gasteiger partial charge on any atom is 0.293 e. The molecule has 23 heavy (non-hydrogen) atoms. The summed E-state index contributed by atoms with van der Waals surface area (Å²) in [4.78, 5) is 13.2. The summed E-state index contributed by atoms with van der Waals surface area (Å²) in [6.07, 6.45) is 1.04. The summed E-state index contributed by atoms with van der Waals surface area (Å²) in [6.45, 7) is 8.35. The van der Waals surface area contributed by atoms with Gasteiger partial charge in [-0.2, -0.15) is 0 Å². The van der Waals surface area contributed by atoms with Crippen LogP contribution in [0.3, 0.4) is 0 Å². The Labute approximate surface area is 141 Å². The number of rotatable bonds is 7. The van der Waals surface area contributed by atoms with Crippen LogP contribution >= 0.6 is 11.6 Å². The highest BCUT2D eigenvalue weighted by atomic mass is 35.5. The smallest absolute Gasteiger partial charge is 0.293 e. The molecule has 1 aliphatic rings. The van der Waals surface area contributed by atoms with Crippen LogP contribution in [0.4, 0.5) is 11.4 Å². The molecule has 6 nitrogen and oxygen atoms in total. The lowest BCUT2D eigenvalue weighted by molar-refractivity contribution is -0.383.